The number of nitrogens with one attached hydrogen (secondary N) is 1. The van der Waals surface area contributed by atoms with Crippen molar-refractivity contribution in [1.82, 2.24) is 9.29 Å². The summed E-state index contributed by atoms with van der Waals surface area (Å²) in [5.74, 6) is 0.569. The van der Waals surface area contributed by atoms with Gasteiger partial charge in [0.1, 0.15) is 0 Å². The van der Waals surface area contributed by atoms with E-state index in [9.17, 15) is 13.2 Å². The van der Waals surface area contributed by atoms with Gasteiger partial charge >= 0.3 is 0 Å². The number of aromatic nitrogens is 1. The first-order valence-electron chi connectivity index (χ1n) is 12.7. The molecule has 2 atom stereocenters. The molecule has 0 radical (unpaired) electrons. The molecular weight excluding hydrogens is 448 g/mol. The van der Waals surface area contributed by atoms with Crippen LogP contribution in [0.4, 0.5) is 0 Å². The minimum Gasteiger partial charge on any atom is -0.376 e. The van der Waals surface area contributed by atoms with Crippen molar-refractivity contribution in [2.45, 2.75) is 94.6 Å². The number of rotatable bonds is 7. The molecule has 2 heterocycles. The zero-order valence-electron chi connectivity index (χ0n) is 20.2. The summed E-state index contributed by atoms with van der Waals surface area (Å²) in [4.78, 5) is 13.1. The second-order valence-corrected chi connectivity index (χ2v) is 12.5. The van der Waals surface area contributed by atoms with Gasteiger partial charge in [-0.2, -0.15) is 0 Å². The van der Waals surface area contributed by atoms with Crippen LogP contribution >= 0.6 is 0 Å². The Kier molecular flexibility index (Phi) is 6.70. The van der Waals surface area contributed by atoms with Crippen LogP contribution < -0.4 is 10.3 Å². The van der Waals surface area contributed by atoms with E-state index in [4.69, 9.17) is 4.74 Å². The highest BCUT2D eigenvalue weighted by molar-refractivity contribution is 7.90. The maximum Gasteiger partial charge on any atom is 0.254 e. The van der Waals surface area contributed by atoms with Crippen molar-refractivity contribution in [3.63, 3.8) is 0 Å². The molecule has 1 aromatic heterocycles. The fraction of sp³-hybridized carbons (Fsp3) is 0.593. The maximum atomic E-state index is 13.1. The van der Waals surface area contributed by atoms with Gasteiger partial charge in [-0.25, -0.2) is 13.1 Å². The summed E-state index contributed by atoms with van der Waals surface area (Å²) in [5, 5.41) is -0.276. The SMILES string of the molecule is Cc1ccc(C2CCC(OCC3C(NS(=O)(=O)C4CC4)CCc4ccc(C)c(=O)n43)CC2)cc1. The van der Waals surface area contributed by atoms with Crippen LogP contribution in [0.2, 0.25) is 0 Å². The summed E-state index contributed by atoms with van der Waals surface area (Å²) >= 11 is 0. The van der Waals surface area contributed by atoms with Crippen LogP contribution in [0.25, 0.3) is 0 Å². The van der Waals surface area contributed by atoms with E-state index in [0.29, 0.717) is 30.9 Å². The molecule has 5 rings (SSSR count). The molecule has 2 unspecified atom stereocenters. The molecule has 2 aromatic rings. The van der Waals surface area contributed by atoms with Crippen molar-refractivity contribution in [2.75, 3.05) is 6.61 Å². The Morgan fingerprint density at radius 2 is 1.65 bits per heavy atom. The monoisotopic (exact) mass is 484 g/mol. The first kappa shape index (κ1) is 23.8. The number of fused-ring (bicyclic) bond motifs is 1. The number of hydrogen-bond acceptors (Lipinski definition) is 4. The summed E-state index contributed by atoms with van der Waals surface area (Å²) < 4.78 is 36.6. The zero-order valence-corrected chi connectivity index (χ0v) is 21.0. The van der Waals surface area contributed by atoms with E-state index in [2.05, 4.69) is 35.9 Å². The van der Waals surface area contributed by atoms with E-state index in [1.807, 2.05) is 19.1 Å². The average molecular weight is 485 g/mol. The fourth-order valence-corrected chi connectivity index (χ4v) is 7.23. The molecule has 7 heteroatoms. The van der Waals surface area contributed by atoms with Gasteiger partial charge in [-0.05, 0) is 82.8 Å². The van der Waals surface area contributed by atoms with E-state index >= 15 is 0 Å². The van der Waals surface area contributed by atoms with E-state index < -0.39 is 10.0 Å². The Labute approximate surface area is 202 Å². The lowest BCUT2D eigenvalue weighted by Crippen LogP contribution is -2.50. The fourth-order valence-electron chi connectivity index (χ4n) is 5.59. The van der Waals surface area contributed by atoms with Gasteiger partial charge in [-0.1, -0.05) is 35.9 Å². The first-order valence-corrected chi connectivity index (χ1v) is 14.3. The zero-order chi connectivity index (χ0) is 23.9. The Balaban J connectivity index is 1.28. The van der Waals surface area contributed by atoms with Gasteiger partial charge in [0.2, 0.25) is 10.0 Å². The summed E-state index contributed by atoms with van der Waals surface area (Å²) in [6.07, 6.45) is 7.12. The predicted molar refractivity (Wildman–Crippen MR) is 134 cm³/mol. The normalized spacial score (nSPS) is 27.4. The molecule has 0 spiro atoms. The van der Waals surface area contributed by atoms with E-state index in [1.54, 1.807) is 4.57 Å². The average Bonchev–Trinajstić information content (AvgIpc) is 3.68. The maximum absolute atomic E-state index is 13.1. The van der Waals surface area contributed by atoms with Crippen molar-refractivity contribution < 1.29 is 13.2 Å². The molecule has 1 aliphatic heterocycles. The van der Waals surface area contributed by atoms with Crippen LogP contribution in [-0.4, -0.2) is 37.0 Å². The van der Waals surface area contributed by atoms with Crippen LogP contribution in [0.3, 0.4) is 0 Å². The molecule has 184 valence electrons. The third kappa shape index (κ3) is 5.02. The largest absolute Gasteiger partial charge is 0.376 e. The number of pyridine rings is 1. The van der Waals surface area contributed by atoms with Crippen LogP contribution in [0.15, 0.2) is 41.2 Å². The molecular formula is C27H36N2O4S. The van der Waals surface area contributed by atoms with Crippen molar-refractivity contribution in [3.05, 3.63) is 69.1 Å². The minimum absolute atomic E-state index is 0.0375. The molecule has 6 nitrogen and oxygen atoms in total. The summed E-state index contributed by atoms with van der Waals surface area (Å²) in [6, 6.07) is 12.1. The minimum atomic E-state index is -3.35. The van der Waals surface area contributed by atoms with Gasteiger partial charge in [0.15, 0.2) is 0 Å². The van der Waals surface area contributed by atoms with Crippen molar-refractivity contribution in [3.8, 4) is 0 Å². The Morgan fingerprint density at radius 1 is 0.941 bits per heavy atom. The van der Waals surface area contributed by atoms with E-state index in [-0.39, 0.29) is 29.0 Å². The third-order valence-corrected chi connectivity index (χ3v) is 9.88. The smallest absolute Gasteiger partial charge is 0.254 e. The second-order valence-electron chi connectivity index (χ2n) is 10.5. The number of ether oxygens (including phenoxy) is 1. The molecule has 0 amide bonds. The van der Waals surface area contributed by atoms with E-state index in [0.717, 1.165) is 44.2 Å². The van der Waals surface area contributed by atoms with Gasteiger partial charge in [0.05, 0.1) is 24.0 Å². The molecule has 34 heavy (non-hydrogen) atoms. The molecule has 3 aliphatic rings. The molecule has 1 aromatic carbocycles. The van der Waals surface area contributed by atoms with E-state index in [1.165, 1.54) is 11.1 Å². The van der Waals surface area contributed by atoms with Crippen LogP contribution in [0.5, 0.6) is 0 Å². The van der Waals surface area contributed by atoms with Gasteiger partial charge in [0, 0.05) is 17.3 Å². The number of benzene rings is 1. The number of sulfonamides is 1. The predicted octanol–water partition coefficient (Wildman–Crippen LogP) is 4.15. The standard InChI is InChI=1S/C27H36N2O4S/c1-18-3-6-20(7-4-18)21-8-12-23(13-9-21)33-17-26-25(28-34(31,32)24-14-15-24)16-11-22-10-5-19(2)27(30)29(22)26/h3-7,10,21,23-26,28H,8-9,11-17H2,1-2H3. The number of hydrogen-bond donors (Lipinski definition) is 1. The van der Waals surface area contributed by atoms with Crippen molar-refractivity contribution in [1.29, 1.82) is 0 Å². The lowest BCUT2D eigenvalue weighted by Gasteiger charge is -2.37. The lowest BCUT2D eigenvalue weighted by atomic mass is 9.82. The number of aryl methyl sites for hydroxylation is 3. The lowest BCUT2D eigenvalue weighted by molar-refractivity contribution is -0.00169. The van der Waals surface area contributed by atoms with Crippen molar-refractivity contribution >= 4 is 10.0 Å². The van der Waals surface area contributed by atoms with Crippen molar-refractivity contribution in [2.24, 2.45) is 0 Å². The summed E-state index contributed by atoms with van der Waals surface area (Å²) in [7, 11) is -3.35. The van der Waals surface area contributed by atoms with Crippen LogP contribution in [0.1, 0.15) is 79.3 Å². The Bertz CT molecular complexity index is 1180. The van der Waals surface area contributed by atoms with Gasteiger partial charge in [-0.15, -0.1) is 0 Å². The molecule has 2 aliphatic carbocycles. The highest BCUT2D eigenvalue weighted by atomic mass is 32.2. The molecule has 2 fully saturated rings. The van der Waals surface area contributed by atoms with Crippen LogP contribution in [0, 0.1) is 13.8 Å². The Hall–Kier alpha value is -1.96. The Morgan fingerprint density at radius 3 is 2.32 bits per heavy atom. The highest BCUT2D eigenvalue weighted by Gasteiger charge is 2.40. The number of nitrogens with zero attached hydrogens (tertiary/aromatic N) is 1. The van der Waals surface area contributed by atoms with Gasteiger partial charge in [-0.3, -0.25) is 4.79 Å². The molecule has 1 N–H and O–H groups in total. The van der Waals surface area contributed by atoms with Gasteiger partial charge in [0.25, 0.3) is 5.56 Å². The molecule has 2 saturated carbocycles. The van der Waals surface area contributed by atoms with Gasteiger partial charge < -0.3 is 9.30 Å². The highest BCUT2D eigenvalue weighted by Crippen LogP contribution is 2.35. The summed E-state index contributed by atoms with van der Waals surface area (Å²) in [6.45, 7) is 4.29. The molecule has 0 bridgehead atoms. The molecule has 0 saturated heterocycles. The quantitative estimate of drug-likeness (QED) is 0.641. The van der Waals surface area contributed by atoms with Crippen LogP contribution in [-0.2, 0) is 21.2 Å². The first-order chi connectivity index (χ1) is 16.3. The topological polar surface area (TPSA) is 77.4 Å². The summed E-state index contributed by atoms with van der Waals surface area (Å²) in [5.41, 5.74) is 4.30. The second kappa shape index (κ2) is 9.59. The third-order valence-electron chi connectivity index (χ3n) is 7.90.